The average molecular weight is 186 g/mol. The fraction of sp³-hybridized carbons (Fsp3) is 0.500. The van der Waals surface area contributed by atoms with Crippen LogP contribution in [0.3, 0.4) is 0 Å². The summed E-state index contributed by atoms with van der Waals surface area (Å²) in [6.07, 6.45) is 0. The molecule has 0 aliphatic carbocycles. The maximum Gasteiger partial charge on any atom is 0.355 e. The van der Waals surface area contributed by atoms with Crippen molar-refractivity contribution in [2.24, 2.45) is 14.1 Å². The molecule has 72 valence electrons. The second kappa shape index (κ2) is 2.92. The molecule has 0 spiro atoms. The van der Waals surface area contributed by atoms with Gasteiger partial charge in [-0.05, 0) is 0 Å². The molecule has 0 aliphatic heterocycles. The number of nitrogens with one attached hydrogen (secondary N) is 1. The van der Waals surface area contributed by atoms with Crippen molar-refractivity contribution in [3.63, 3.8) is 0 Å². The van der Waals surface area contributed by atoms with Crippen LogP contribution in [-0.4, -0.2) is 20.9 Å². The van der Waals surface area contributed by atoms with E-state index in [0.717, 1.165) is 13.8 Å². The van der Waals surface area contributed by atoms with Crippen molar-refractivity contribution in [1.82, 2.24) is 13.8 Å². The van der Waals surface area contributed by atoms with Crippen LogP contribution < -0.4 is 22.5 Å². The Morgan fingerprint density at radius 1 is 0.923 bits per heavy atom. The Kier molecular flexibility index (Phi) is 2.09. The van der Waals surface area contributed by atoms with E-state index in [-0.39, 0.29) is 0 Å². The SMILES string of the molecule is CNn1c(=O)n(C)c(=O)n(C)c1=O. The number of hydrogen-bond donors (Lipinski definition) is 1. The molecule has 0 aliphatic rings. The smallest absolute Gasteiger partial charge is 0.321 e. The van der Waals surface area contributed by atoms with Crippen molar-refractivity contribution < 1.29 is 0 Å². The summed E-state index contributed by atoms with van der Waals surface area (Å²) in [5, 5.41) is 0. The van der Waals surface area contributed by atoms with Crippen LogP contribution in [0.4, 0.5) is 0 Å². The summed E-state index contributed by atoms with van der Waals surface area (Å²) in [7, 11) is 4.03. The Balaban J connectivity index is 3.89. The molecule has 1 aromatic heterocycles. The molecule has 13 heavy (non-hydrogen) atoms. The highest BCUT2D eigenvalue weighted by Crippen LogP contribution is 1.59. The third kappa shape index (κ3) is 1.17. The molecule has 0 unspecified atom stereocenters. The highest BCUT2D eigenvalue weighted by Gasteiger charge is 2.07. The molecular formula is C6H10N4O3. The second-order valence-corrected chi connectivity index (χ2v) is 2.52. The first kappa shape index (κ1) is 9.30. The normalized spacial score (nSPS) is 10.1. The topological polar surface area (TPSA) is 78.0 Å². The third-order valence-corrected chi connectivity index (χ3v) is 1.75. The van der Waals surface area contributed by atoms with Crippen LogP contribution >= 0.6 is 0 Å². The van der Waals surface area contributed by atoms with Crippen LogP contribution in [0.5, 0.6) is 0 Å². The largest absolute Gasteiger partial charge is 0.355 e. The Morgan fingerprint density at radius 3 is 1.62 bits per heavy atom. The highest BCUT2D eigenvalue weighted by atomic mass is 16.2. The lowest BCUT2D eigenvalue weighted by molar-refractivity contribution is 0.558. The molecule has 0 fully saturated rings. The molecule has 0 atom stereocenters. The van der Waals surface area contributed by atoms with Crippen molar-refractivity contribution in [3.8, 4) is 0 Å². The lowest BCUT2D eigenvalue weighted by Crippen LogP contribution is -2.54. The fourth-order valence-electron chi connectivity index (χ4n) is 0.962. The molecule has 0 bridgehead atoms. The van der Waals surface area contributed by atoms with Crippen molar-refractivity contribution in [2.75, 3.05) is 12.5 Å². The van der Waals surface area contributed by atoms with Gasteiger partial charge >= 0.3 is 17.1 Å². The van der Waals surface area contributed by atoms with Gasteiger partial charge in [0.1, 0.15) is 0 Å². The minimum Gasteiger partial charge on any atom is -0.321 e. The van der Waals surface area contributed by atoms with Crippen molar-refractivity contribution in [3.05, 3.63) is 31.5 Å². The van der Waals surface area contributed by atoms with E-state index in [0.29, 0.717) is 0 Å². The van der Waals surface area contributed by atoms with Crippen LogP contribution in [0.2, 0.25) is 0 Å². The lowest BCUT2D eigenvalue weighted by Gasteiger charge is -2.06. The molecule has 1 N–H and O–H groups in total. The lowest BCUT2D eigenvalue weighted by atomic mass is 10.8. The van der Waals surface area contributed by atoms with Crippen LogP contribution in [0.1, 0.15) is 0 Å². The highest BCUT2D eigenvalue weighted by molar-refractivity contribution is 4.78. The van der Waals surface area contributed by atoms with Gasteiger partial charge in [-0.3, -0.25) is 0 Å². The molecule has 7 heteroatoms. The first-order valence-electron chi connectivity index (χ1n) is 3.57. The molecule has 0 saturated heterocycles. The summed E-state index contributed by atoms with van der Waals surface area (Å²) in [5.41, 5.74) is 0.377. The number of aromatic nitrogens is 3. The van der Waals surface area contributed by atoms with E-state index in [2.05, 4.69) is 5.43 Å². The first-order chi connectivity index (χ1) is 6.00. The molecule has 1 heterocycles. The molecule has 1 rings (SSSR count). The van der Waals surface area contributed by atoms with E-state index in [1.807, 2.05) is 0 Å². The minimum atomic E-state index is -0.685. The van der Waals surface area contributed by atoms with E-state index in [1.165, 1.54) is 21.1 Å². The summed E-state index contributed by atoms with van der Waals surface area (Å²) >= 11 is 0. The van der Waals surface area contributed by atoms with E-state index >= 15 is 0 Å². The van der Waals surface area contributed by atoms with Gasteiger partial charge in [-0.2, -0.15) is 4.68 Å². The van der Waals surface area contributed by atoms with E-state index in [9.17, 15) is 14.4 Å². The van der Waals surface area contributed by atoms with Gasteiger partial charge in [-0.1, -0.05) is 0 Å². The van der Waals surface area contributed by atoms with Crippen LogP contribution in [0, 0.1) is 0 Å². The summed E-state index contributed by atoms with van der Waals surface area (Å²) in [6, 6.07) is 0. The van der Waals surface area contributed by atoms with Gasteiger partial charge < -0.3 is 5.43 Å². The summed E-state index contributed by atoms with van der Waals surface area (Å²) < 4.78 is 2.44. The van der Waals surface area contributed by atoms with Gasteiger partial charge in [-0.15, -0.1) is 0 Å². The molecule has 0 aromatic carbocycles. The Bertz CT molecular complexity index is 452. The molecule has 0 amide bonds. The monoisotopic (exact) mass is 186 g/mol. The van der Waals surface area contributed by atoms with Gasteiger partial charge in [0.15, 0.2) is 0 Å². The average Bonchev–Trinajstić information content (AvgIpc) is 2.13. The molecule has 1 aromatic rings. The van der Waals surface area contributed by atoms with Crippen molar-refractivity contribution in [2.45, 2.75) is 0 Å². The van der Waals surface area contributed by atoms with E-state index in [1.54, 1.807) is 0 Å². The number of hydrogen-bond acceptors (Lipinski definition) is 4. The maximum absolute atomic E-state index is 11.2. The van der Waals surface area contributed by atoms with Gasteiger partial charge in [0.05, 0.1) is 0 Å². The van der Waals surface area contributed by atoms with Crippen LogP contribution in [-0.2, 0) is 14.1 Å². The van der Waals surface area contributed by atoms with Gasteiger partial charge in [-0.25, -0.2) is 23.5 Å². The van der Waals surface area contributed by atoms with Crippen LogP contribution in [0.25, 0.3) is 0 Å². The molecular weight excluding hydrogens is 176 g/mol. The molecule has 0 saturated carbocycles. The van der Waals surface area contributed by atoms with E-state index in [4.69, 9.17) is 0 Å². The Labute approximate surface area is 72.8 Å². The predicted octanol–water partition coefficient (Wildman–Crippen LogP) is -2.58. The number of rotatable bonds is 1. The van der Waals surface area contributed by atoms with E-state index < -0.39 is 17.1 Å². The third-order valence-electron chi connectivity index (χ3n) is 1.75. The standard InChI is InChI=1S/C6H10N4O3/c1-7-10-5(12)8(2)4(11)9(3)6(10)13/h7H,1-3H3. The van der Waals surface area contributed by atoms with Gasteiger partial charge in [0.2, 0.25) is 0 Å². The molecule has 7 nitrogen and oxygen atoms in total. The second-order valence-electron chi connectivity index (χ2n) is 2.52. The number of nitrogens with zero attached hydrogens (tertiary/aromatic N) is 3. The summed E-state index contributed by atoms with van der Waals surface area (Å²) in [5.74, 6) is 0. The van der Waals surface area contributed by atoms with Crippen LogP contribution in [0.15, 0.2) is 14.4 Å². The maximum atomic E-state index is 11.2. The first-order valence-corrected chi connectivity index (χ1v) is 3.57. The molecule has 0 radical (unpaired) electrons. The predicted molar refractivity (Wildman–Crippen MR) is 46.5 cm³/mol. The van der Waals surface area contributed by atoms with Gasteiger partial charge in [0.25, 0.3) is 0 Å². The minimum absolute atomic E-state index is 0.638. The summed E-state index contributed by atoms with van der Waals surface area (Å²) in [6.45, 7) is 0. The zero-order valence-corrected chi connectivity index (χ0v) is 7.57. The quantitative estimate of drug-likeness (QED) is 0.522. The Hall–Kier alpha value is -1.79. The van der Waals surface area contributed by atoms with Crippen molar-refractivity contribution >= 4 is 0 Å². The fourth-order valence-corrected chi connectivity index (χ4v) is 0.962. The van der Waals surface area contributed by atoms with Crippen molar-refractivity contribution in [1.29, 1.82) is 0 Å². The zero-order valence-electron chi connectivity index (χ0n) is 7.57. The zero-order chi connectivity index (χ0) is 10.2. The van der Waals surface area contributed by atoms with Gasteiger partial charge in [0, 0.05) is 21.1 Å². The summed E-state index contributed by atoms with van der Waals surface area (Å²) in [4.78, 5) is 33.7. The Morgan fingerprint density at radius 2 is 1.31 bits per heavy atom.